The van der Waals surface area contributed by atoms with Crippen LogP contribution in [0.25, 0.3) is 0 Å². The second-order valence-electron chi connectivity index (χ2n) is 6.93. The predicted octanol–water partition coefficient (Wildman–Crippen LogP) is 5.49. The van der Waals surface area contributed by atoms with Crippen LogP contribution in [0.1, 0.15) is 104 Å². The molecule has 0 aromatic heterocycles. The number of hydrogen-bond donors (Lipinski definition) is 0. The van der Waals surface area contributed by atoms with E-state index < -0.39 is 0 Å². The number of amides is 1. The lowest BCUT2D eigenvalue weighted by atomic mass is 10.1. The lowest BCUT2D eigenvalue weighted by Gasteiger charge is -2.23. The zero-order valence-corrected chi connectivity index (χ0v) is 17.0. The number of unbranched alkanes of at least 4 members (excludes halogenated alkanes) is 8. The summed E-state index contributed by atoms with van der Waals surface area (Å²) in [6, 6.07) is 0. The first-order valence-corrected chi connectivity index (χ1v) is 10.6. The van der Waals surface area contributed by atoms with E-state index >= 15 is 0 Å². The van der Waals surface area contributed by atoms with E-state index in [1.54, 1.807) is 0 Å². The van der Waals surface area contributed by atoms with Crippen LogP contribution in [0.15, 0.2) is 0 Å². The van der Waals surface area contributed by atoms with Gasteiger partial charge in [-0.25, -0.2) is 0 Å². The Labute approximate surface area is 155 Å². The van der Waals surface area contributed by atoms with Crippen molar-refractivity contribution in [3.63, 3.8) is 0 Å². The highest BCUT2D eigenvalue weighted by atomic mass is 16.5. The van der Waals surface area contributed by atoms with Crippen molar-refractivity contribution in [2.24, 2.45) is 0 Å². The Hall–Kier alpha value is -1.06. The van der Waals surface area contributed by atoms with Crippen LogP contribution in [-0.2, 0) is 14.3 Å². The number of hydrogen-bond acceptors (Lipinski definition) is 3. The minimum Gasteiger partial charge on any atom is -0.466 e. The van der Waals surface area contributed by atoms with Crippen LogP contribution in [0.3, 0.4) is 0 Å². The molecule has 0 spiro atoms. The van der Waals surface area contributed by atoms with Crippen LogP contribution in [0.5, 0.6) is 0 Å². The second kappa shape index (κ2) is 17.8. The molecule has 0 bridgehead atoms. The summed E-state index contributed by atoms with van der Waals surface area (Å²) < 4.78 is 5.19. The number of carbonyl (C=O) groups excluding carboxylic acids is 2. The minimum absolute atomic E-state index is 0.110. The van der Waals surface area contributed by atoms with Crippen molar-refractivity contribution in [2.75, 3.05) is 19.7 Å². The van der Waals surface area contributed by atoms with Gasteiger partial charge >= 0.3 is 5.97 Å². The third-order valence-electron chi connectivity index (χ3n) is 4.47. The van der Waals surface area contributed by atoms with Crippen molar-refractivity contribution in [1.82, 2.24) is 4.90 Å². The third-order valence-corrected chi connectivity index (χ3v) is 4.47. The Balaban J connectivity index is 4.12. The highest BCUT2D eigenvalue weighted by Crippen LogP contribution is 2.08. The number of rotatable bonds is 17. The average molecular weight is 356 g/mol. The quantitative estimate of drug-likeness (QED) is 0.256. The molecule has 0 aliphatic carbocycles. The van der Waals surface area contributed by atoms with Crippen molar-refractivity contribution >= 4 is 11.9 Å². The zero-order chi connectivity index (χ0) is 18.8. The van der Waals surface area contributed by atoms with E-state index in [9.17, 15) is 9.59 Å². The summed E-state index contributed by atoms with van der Waals surface area (Å²) >= 11 is 0. The number of carbonyl (C=O) groups is 2. The van der Waals surface area contributed by atoms with Crippen LogP contribution in [0, 0.1) is 0 Å². The SMILES string of the molecule is CCCCCCN(CCCCCC)C(=O)CCC(=O)OCCCCC. The van der Waals surface area contributed by atoms with E-state index in [1.165, 1.54) is 38.5 Å². The van der Waals surface area contributed by atoms with Gasteiger partial charge in [0.1, 0.15) is 0 Å². The van der Waals surface area contributed by atoms with Gasteiger partial charge in [-0.05, 0) is 19.3 Å². The van der Waals surface area contributed by atoms with Gasteiger partial charge in [-0.3, -0.25) is 9.59 Å². The van der Waals surface area contributed by atoms with Gasteiger partial charge in [0, 0.05) is 19.5 Å². The lowest BCUT2D eigenvalue weighted by Crippen LogP contribution is -2.33. The van der Waals surface area contributed by atoms with Gasteiger partial charge in [0.15, 0.2) is 0 Å². The van der Waals surface area contributed by atoms with Gasteiger partial charge in [0.05, 0.1) is 13.0 Å². The van der Waals surface area contributed by atoms with Crippen molar-refractivity contribution in [1.29, 1.82) is 0 Å². The summed E-state index contributed by atoms with van der Waals surface area (Å²) in [4.78, 5) is 26.2. The Morgan fingerprint density at radius 1 is 0.680 bits per heavy atom. The molecule has 4 nitrogen and oxygen atoms in total. The molecular weight excluding hydrogens is 314 g/mol. The molecule has 0 aromatic carbocycles. The van der Waals surface area contributed by atoms with E-state index in [1.807, 2.05) is 4.90 Å². The molecule has 0 aliphatic rings. The van der Waals surface area contributed by atoms with Gasteiger partial charge in [-0.2, -0.15) is 0 Å². The molecule has 0 heterocycles. The molecule has 4 heteroatoms. The maximum absolute atomic E-state index is 12.5. The molecule has 0 saturated carbocycles. The van der Waals surface area contributed by atoms with E-state index in [0.29, 0.717) is 6.61 Å². The first-order chi connectivity index (χ1) is 12.2. The zero-order valence-electron chi connectivity index (χ0n) is 17.0. The van der Waals surface area contributed by atoms with Crippen molar-refractivity contribution in [3.05, 3.63) is 0 Å². The molecule has 25 heavy (non-hydrogen) atoms. The van der Waals surface area contributed by atoms with Crippen LogP contribution in [0.2, 0.25) is 0 Å². The van der Waals surface area contributed by atoms with E-state index in [0.717, 1.165) is 45.2 Å². The summed E-state index contributed by atoms with van der Waals surface area (Å²) in [6.07, 6.45) is 12.9. The molecule has 0 rings (SSSR count). The summed E-state index contributed by atoms with van der Waals surface area (Å²) in [6.45, 7) is 8.65. The first-order valence-electron chi connectivity index (χ1n) is 10.6. The summed E-state index contributed by atoms with van der Waals surface area (Å²) in [5.74, 6) is -0.125. The van der Waals surface area contributed by atoms with E-state index in [-0.39, 0.29) is 24.7 Å². The first kappa shape index (κ1) is 23.9. The number of ether oxygens (including phenoxy) is 1. The second-order valence-corrected chi connectivity index (χ2v) is 6.93. The molecule has 148 valence electrons. The van der Waals surface area contributed by atoms with Gasteiger partial charge in [0.2, 0.25) is 5.91 Å². The normalized spacial score (nSPS) is 10.7. The maximum Gasteiger partial charge on any atom is 0.306 e. The van der Waals surface area contributed by atoms with Crippen molar-refractivity contribution in [3.8, 4) is 0 Å². The molecule has 0 N–H and O–H groups in total. The summed E-state index contributed by atoms with van der Waals surface area (Å²) in [5, 5.41) is 0. The fourth-order valence-electron chi connectivity index (χ4n) is 2.80. The molecule has 0 fully saturated rings. The van der Waals surface area contributed by atoms with Gasteiger partial charge in [-0.1, -0.05) is 72.1 Å². The smallest absolute Gasteiger partial charge is 0.306 e. The largest absolute Gasteiger partial charge is 0.466 e. The van der Waals surface area contributed by atoms with Crippen LogP contribution in [-0.4, -0.2) is 36.5 Å². The molecule has 0 aliphatic heterocycles. The molecule has 0 saturated heterocycles. The Kier molecular flexibility index (Phi) is 17.0. The Morgan fingerprint density at radius 3 is 1.72 bits per heavy atom. The Morgan fingerprint density at radius 2 is 1.20 bits per heavy atom. The standard InChI is InChI=1S/C21H41NO3/c1-4-7-10-12-17-22(18-13-11-8-5-2)20(23)15-16-21(24)25-19-14-9-6-3/h4-19H2,1-3H3. The fraction of sp³-hybridized carbons (Fsp3) is 0.905. The van der Waals surface area contributed by atoms with Crippen LogP contribution < -0.4 is 0 Å². The third kappa shape index (κ3) is 14.9. The maximum atomic E-state index is 12.5. The predicted molar refractivity (Wildman–Crippen MR) is 105 cm³/mol. The molecule has 0 atom stereocenters. The molecule has 0 radical (unpaired) electrons. The molecule has 1 amide bonds. The van der Waals surface area contributed by atoms with E-state index in [4.69, 9.17) is 4.74 Å². The molecular formula is C21H41NO3. The minimum atomic E-state index is -0.235. The average Bonchev–Trinajstić information content (AvgIpc) is 2.62. The van der Waals surface area contributed by atoms with Crippen LogP contribution in [0.4, 0.5) is 0 Å². The van der Waals surface area contributed by atoms with Crippen molar-refractivity contribution in [2.45, 2.75) is 104 Å². The Bertz CT molecular complexity index is 319. The lowest BCUT2D eigenvalue weighted by molar-refractivity contribution is -0.146. The highest BCUT2D eigenvalue weighted by Gasteiger charge is 2.15. The van der Waals surface area contributed by atoms with Crippen molar-refractivity contribution < 1.29 is 14.3 Å². The molecule has 0 aromatic rings. The summed E-state index contributed by atoms with van der Waals surface area (Å²) in [5.41, 5.74) is 0. The summed E-state index contributed by atoms with van der Waals surface area (Å²) in [7, 11) is 0. The number of nitrogens with zero attached hydrogens (tertiary/aromatic N) is 1. The van der Waals surface area contributed by atoms with Crippen LogP contribution >= 0.6 is 0 Å². The fourth-order valence-corrected chi connectivity index (χ4v) is 2.80. The topological polar surface area (TPSA) is 46.6 Å². The number of esters is 1. The van der Waals surface area contributed by atoms with Gasteiger partial charge in [-0.15, -0.1) is 0 Å². The van der Waals surface area contributed by atoms with Gasteiger partial charge in [0.25, 0.3) is 0 Å². The monoisotopic (exact) mass is 355 g/mol. The van der Waals surface area contributed by atoms with E-state index in [2.05, 4.69) is 20.8 Å². The van der Waals surface area contributed by atoms with Gasteiger partial charge < -0.3 is 9.64 Å². The highest BCUT2D eigenvalue weighted by molar-refractivity contribution is 5.81. The molecule has 0 unspecified atom stereocenters.